The van der Waals surface area contributed by atoms with Crippen molar-refractivity contribution in [1.29, 1.82) is 0 Å². The Kier molecular flexibility index (Phi) is 4.23. The number of aromatic amines is 1. The van der Waals surface area contributed by atoms with Gasteiger partial charge in [-0.15, -0.1) is 5.10 Å². The molecule has 3 aromatic rings. The summed E-state index contributed by atoms with van der Waals surface area (Å²) < 4.78 is 45.2. The molecule has 0 aliphatic rings. The Balaban J connectivity index is 2.06. The molecule has 0 saturated carbocycles. The molecule has 0 unspecified atom stereocenters. The van der Waals surface area contributed by atoms with Gasteiger partial charge in [-0.05, 0) is 20.8 Å². The predicted molar refractivity (Wildman–Crippen MR) is 83.3 cm³/mol. The highest BCUT2D eigenvalue weighted by Crippen LogP contribution is 2.32. The third kappa shape index (κ3) is 3.49. The second-order valence-corrected chi connectivity index (χ2v) is 5.69. The molecular formula is C14H16F3N7O. The number of H-pyrrole nitrogens is 1. The molecule has 0 fully saturated rings. The number of nitrogens with one attached hydrogen (secondary N) is 2. The number of nitrogens with zero attached hydrogens (tertiary/aromatic N) is 5. The smallest absolute Gasteiger partial charge is 0.408 e. The third-order valence-corrected chi connectivity index (χ3v) is 3.31. The molecule has 0 bridgehead atoms. The normalized spacial score (nSPS) is 13.4. The summed E-state index contributed by atoms with van der Waals surface area (Å²) in [4.78, 5) is 8.40. The second-order valence-electron chi connectivity index (χ2n) is 5.69. The molecule has 0 aliphatic heterocycles. The summed E-state index contributed by atoms with van der Waals surface area (Å²) in [7, 11) is 0. The standard InChI is InChI=1S/C14H16F3N7O/c1-7(2)25-11-10(9-4-19-20-5-9)18-6-24-12(11)22-13(23-24)21-8(3)14(15,16)17/h4-8H,1-3H3,(H,19,20)(H,21,23)/t8-/m0/s1. The summed E-state index contributed by atoms with van der Waals surface area (Å²) in [6.07, 6.45) is -0.0441. The lowest BCUT2D eigenvalue weighted by atomic mass is 10.2. The van der Waals surface area contributed by atoms with Crippen LogP contribution in [-0.4, -0.2) is 48.1 Å². The summed E-state index contributed by atoms with van der Waals surface area (Å²) in [5.41, 5.74) is 1.40. The van der Waals surface area contributed by atoms with Gasteiger partial charge in [0, 0.05) is 11.8 Å². The first-order valence-electron chi connectivity index (χ1n) is 7.50. The van der Waals surface area contributed by atoms with Crippen molar-refractivity contribution in [2.45, 2.75) is 39.1 Å². The van der Waals surface area contributed by atoms with Crippen molar-refractivity contribution in [3.63, 3.8) is 0 Å². The minimum absolute atomic E-state index is 0.162. The van der Waals surface area contributed by atoms with Crippen LogP contribution in [0.5, 0.6) is 5.75 Å². The lowest BCUT2D eigenvalue weighted by Crippen LogP contribution is -2.33. The monoisotopic (exact) mass is 355 g/mol. The van der Waals surface area contributed by atoms with Crippen LogP contribution in [0.15, 0.2) is 18.7 Å². The lowest BCUT2D eigenvalue weighted by Gasteiger charge is -2.15. The van der Waals surface area contributed by atoms with Crippen LogP contribution in [0.2, 0.25) is 0 Å². The van der Waals surface area contributed by atoms with E-state index >= 15 is 0 Å². The van der Waals surface area contributed by atoms with Crippen LogP contribution in [0.3, 0.4) is 0 Å². The third-order valence-electron chi connectivity index (χ3n) is 3.31. The van der Waals surface area contributed by atoms with E-state index in [0.29, 0.717) is 17.0 Å². The van der Waals surface area contributed by atoms with E-state index in [4.69, 9.17) is 4.74 Å². The maximum Gasteiger partial charge on any atom is 0.408 e. The number of halogens is 3. The Morgan fingerprint density at radius 1 is 1.28 bits per heavy atom. The summed E-state index contributed by atoms with van der Waals surface area (Å²) in [5, 5.41) is 12.8. The van der Waals surface area contributed by atoms with Crippen LogP contribution in [0.25, 0.3) is 16.9 Å². The highest BCUT2D eigenvalue weighted by Gasteiger charge is 2.36. The number of alkyl halides is 3. The molecule has 11 heteroatoms. The zero-order valence-electron chi connectivity index (χ0n) is 13.7. The van der Waals surface area contributed by atoms with E-state index < -0.39 is 12.2 Å². The van der Waals surface area contributed by atoms with Crippen molar-refractivity contribution in [1.82, 2.24) is 29.8 Å². The van der Waals surface area contributed by atoms with Crippen molar-refractivity contribution in [3.8, 4) is 17.0 Å². The molecule has 3 rings (SSSR count). The molecule has 0 aliphatic carbocycles. The fourth-order valence-corrected chi connectivity index (χ4v) is 2.10. The Morgan fingerprint density at radius 3 is 2.64 bits per heavy atom. The highest BCUT2D eigenvalue weighted by molar-refractivity contribution is 5.73. The second kappa shape index (κ2) is 6.22. The maximum atomic E-state index is 12.7. The van der Waals surface area contributed by atoms with Crippen molar-refractivity contribution >= 4 is 11.6 Å². The molecule has 0 aromatic carbocycles. The summed E-state index contributed by atoms with van der Waals surface area (Å²) in [5.74, 6) is 0.156. The van der Waals surface area contributed by atoms with Gasteiger partial charge in [0.15, 0.2) is 5.75 Å². The molecule has 0 saturated heterocycles. The first kappa shape index (κ1) is 17.0. The molecule has 134 valence electrons. The van der Waals surface area contributed by atoms with Crippen molar-refractivity contribution in [3.05, 3.63) is 18.7 Å². The quantitative estimate of drug-likeness (QED) is 0.731. The van der Waals surface area contributed by atoms with Gasteiger partial charge in [0.2, 0.25) is 11.6 Å². The van der Waals surface area contributed by atoms with Gasteiger partial charge in [-0.1, -0.05) is 0 Å². The van der Waals surface area contributed by atoms with Gasteiger partial charge in [0.25, 0.3) is 0 Å². The first-order valence-corrected chi connectivity index (χ1v) is 7.50. The van der Waals surface area contributed by atoms with Crippen LogP contribution in [-0.2, 0) is 0 Å². The molecule has 0 spiro atoms. The zero-order chi connectivity index (χ0) is 18.2. The predicted octanol–water partition coefficient (Wildman–Crippen LogP) is 2.66. The lowest BCUT2D eigenvalue weighted by molar-refractivity contribution is -0.138. The molecule has 25 heavy (non-hydrogen) atoms. The van der Waals surface area contributed by atoms with Crippen LogP contribution in [0, 0.1) is 0 Å². The molecule has 8 nitrogen and oxygen atoms in total. The van der Waals surface area contributed by atoms with E-state index in [1.165, 1.54) is 10.8 Å². The van der Waals surface area contributed by atoms with Crippen molar-refractivity contribution < 1.29 is 17.9 Å². The van der Waals surface area contributed by atoms with Gasteiger partial charge in [-0.25, -0.2) is 4.98 Å². The number of aromatic nitrogens is 6. The number of ether oxygens (including phenoxy) is 1. The van der Waals surface area contributed by atoms with Crippen LogP contribution >= 0.6 is 0 Å². The highest BCUT2D eigenvalue weighted by atomic mass is 19.4. The van der Waals surface area contributed by atoms with Gasteiger partial charge in [0.1, 0.15) is 18.1 Å². The molecule has 3 heterocycles. The first-order chi connectivity index (χ1) is 11.8. The van der Waals surface area contributed by atoms with Crippen LogP contribution < -0.4 is 10.1 Å². The van der Waals surface area contributed by atoms with E-state index in [-0.39, 0.29) is 17.7 Å². The van der Waals surface area contributed by atoms with Gasteiger partial charge >= 0.3 is 6.18 Å². The van der Waals surface area contributed by atoms with Crippen molar-refractivity contribution in [2.75, 3.05) is 5.32 Å². The van der Waals surface area contributed by atoms with E-state index in [2.05, 4.69) is 30.6 Å². The minimum atomic E-state index is -4.41. The average molecular weight is 355 g/mol. The Bertz CT molecular complexity index is 857. The minimum Gasteiger partial charge on any atom is -0.485 e. The van der Waals surface area contributed by atoms with Crippen molar-refractivity contribution in [2.24, 2.45) is 0 Å². The number of hydrogen-bond donors (Lipinski definition) is 2. The summed E-state index contributed by atoms with van der Waals surface area (Å²) >= 11 is 0. The van der Waals surface area contributed by atoms with E-state index in [1.807, 2.05) is 13.8 Å². The number of fused-ring (bicyclic) bond motifs is 1. The Morgan fingerprint density at radius 2 is 2.04 bits per heavy atom. The Labute approximate surface area is 140 Å². The SMILES string of the molecule is CC(C)Oc1c(-c2cn[nH]c2)ncn2nc(N[C@@H](C)C(F)(F)F)nc12. The summed E-state index contributed by atoms with van der Waals surface area (Å²) in [6.45, 7) is 4.64. The van der Waals surface area contributed by atoms with Crippen LogP contribution in [0.1, 0.15) is 20.8 Å². The Hall–Kier alpha value is -2.85. The molecule has 0 amide bonds. The van der Waals surface area contributed by atoms with Gasteiger partial charge in [0.05, 0.1) is 12.3 Å². The fraction of sp³-hybridized carbons (Fsp3) is 0.429. The maximum absolute atomic E-state index is 12.7. The average Bonchev–Trinajstić information content (AvgIpc) is 3.14. The van der Waals surface area contributed by atoms with Gasteiger partial charge in [-0.3, -0.25) is 5.10 Å². The molecule has 0 radical (unpaired) electrons. The molecule has 3 aromatic heterocycles. The van der Waals surface area contributed by atoms with Gasteiger partial charge < -0.3 is 10.1 Å². The van der Waals surface area contributed by atoms with E-state index in [0.717, 1.165) is 6.92 Å². The van der Waals surface area contributed by atoms with Crippen LogP contribution in [0.4, 0.5) is 19.1 Å². The molecule has 2 N–H and O–H groups in total. The van der Waals surface area contributed by atoms with E-state index in [9.17, 15) is 13.2 Å². The fourth-order valence-electron chi connectivity index (χ4n) is 2.10. The van der Waals surface area contributed by atoms with E-state index in [1.54, 1.807) is 12.4 Å². The number of hydrogen-bond acceptors (Lipinski definition) is 6. The topological polar surface area (TPSA) is 93.0 Å². The van der Waals surface area contributed by atoms with Gasteiger partial charge in [-0.2, -0.15) is 27.8 Å². The molecule has 1 atom stereocenters. The number of anilines is 1. The summed E-state index contributed by atoms with van der Waals surface area (Å²) in [6, 6.07) is -1.79. The largest absolute Gasteiger partial charge is 0.485 e. The zero-order valence-corrected chi connectivity index (χ0v) is 13.7. The number of rotatable bonds is 5. The molecular weight excluding hydrogens is 339 g/mol.